The smallest absolute Gasteiger partial charge is 0.164 e. The number of carbonyl (C=O) groups is 1. The van der Waals surface area contributed by atoms with Crippen LogP contribution in [0.3, 0.4) is 0 Å². The average molecular weight is 261 g/mol. The summed E-state index contributed by atoms with van der Waals surface area (Å²) in [5.41, 5.74) is 2.91. The van der Waals surface area contributed by atoms with Gasteiger partial charge in [0.15, 0.2) is 5.78 Å². The molecule has 104 valence electrons. The molecule has 0 atom stereocenters. The number of benzene rings is 1. The molecule has 0 amide bonds. The Morgan fingerprint density at radius 1 is 1.21 bits per heavy atom. The summed E-state index contributed by atoms with van der Waals surface area (Å²) in [5.74, 6) is 1.08. The molecule has 0 saturated carbocycles. The van der Waals surface area contributed by atoms with Crippen molar-refractivity contribution in [2.24, 2.45) is 0 Å². The monoisotopic (exact) mass is 261 g/mol. The van der Waals surface area contributed by atoms with Crippen LogP contribution in [0, 0.1) is 13.8 Å². The van der Waals surface area contributed by atoms with Gasteiger partial charge in [0, 0.05) is 18.5 Å². The van der Waals surface area contributed by atoms with E-state index in [4.69, 9.17) is 4.74 Å². The number of hydrogen-bond donors (Lipinski definition) is 0. The van der Waals surface area contributed by atoms with Crippen LogP contribution in [0.1, 0.15) is 40.7 Å². The van der Waals surface area contributed by atoms with Crippen LogP contribution < -0.4 is 4.74 Å². The fraction of sp³-hybridized carbons (Fsp3) is 0.562. The van der Waals surface area contributed by atoms with E-state index in [0.717, 1.165) is 42.1 Å². The van der Waals surface area contributed by atoms with E-state index in [0.29, 0.717) is 6.42 Å². The quantitative estimate of drug-likeness (QED) is 0.763. The molecule has 1 heterocycles. The number of Topliss-reactive ketones (excluding diaryl/α,β-unsaturated/α-hetero) is 1. The third kappa shape index (κ3) is 3.35. The van der Waals surface area contributed by atoms with E-state index in [2.05, 4.69) is 4.90 Å². The minimum atomic E-state index is 0.254. The molecule has 0 spiro atoms. The molecule has 0 aromatic heterocycles. The van der Waals surface area contributed by atoms with Gasteiger partial charge in [-0.1, -0.05) is 0 Å². The van der Waals surface area contributed by atoms with E-state index in [9.17, 15) is 4.79 Å². The zero-order valence-electron chi connectivity index (χ0n) is 12.2. The molecular formula is C16H23NO2. The lowest BCUT2D eigenvalue weighted by Crippen LogP contribution is -2.23. The molecule has 1 aliphatic heterocycles. The molecule has 1 fully saturated rings. The fourth-order valence-electron chi connectivity index (χ4n) is 2.87. The van der Waals surface area contributed by atoms with Crippen LogP contribution in [0.15, 0.2) is 12.1 Å². The SMILES string of the molecule is COc1cc(C)c(C(=O)CCN2CCCC2)c(C)c1. The second kappa shape index (κ2) is 6.20. The summed E-state index contributed by atoms with van der Waals surface area (Å²) in [7, 11) is 1.66. The van der Waals surface area contributed by atoms with Gasteiger partial charge in [0.2, 0.25) is 0 Å². The van der Waals surface area contributed by atoms with Crippen LogP contribution in [-0.4, -0.2) is 37.4 Å². The van der Waals surface area contributed by atoms with Crippen molar-refractivity contribution < 1.29 is 9.53 Å². The van der Waals surface area contributed by atoms with Crippen LogP contribution in [-0.2, 0) is 0 Å². The summed E-state index contributed by atoms with van der Waals surface area (Å²) in [4.78, 5) is 14.8. The van der Waals surface area contributed by atoms with Crippen molar-refractivity contribution in [1.29, 1.82) is 0 Å². The molecule has 0 aliphatic carbocycles. The number of hydrogen-bond acceptors (Lipinski definition) is 3. The first-order chi connectivity index (χ1) is 9.11. The molecule has 2 rings (SSSR count). The van der Waals surface area contributed by atoms with Crippen LogP contribution in [0.25, 0.3) is 0 Å². The molecule has 1 saturated heterocycles. The van der Waals surface area contributed by atoms with Gasteiger partial charge in [-0.05, 0) is 63.0 Å². The van der Waals surface area contributed by atoms with Crippen LogP contribution in [0.5, 0.6) is 5.75 Å². The number of likely N-dealkylation sites (tertiary alicyclic amines) is 1. The molecule has 0 unspecified atom stereocenters. The molecule has 1 aliphatic rings. The van der Waals surface area contributed by atoms with Gasteiger partial charge in [0.1, 0.15) is 5.75 Å². The summed E-state index contributed by atoms with van der Waals surface area (Å²) >= 11 is 0. The normalized spacial score (nSPS) is 15.7. The molecular weight excluding hydrogens is 238 g/mol. The van der Waals surface area contributed by atoms with Gasteiger partial charge < -0.3 is 9.64 Å². The fourth-order valence-corrected chi connectivity index (χ4v) is 2.87. The standard InChI is InChI=1S/C16H23NO2/c1-12-10-14(19-3)11-13(2)16(12)15(18)6-9-17-7-4-5-8-17/h10-11H,4-9H2,1-3H3. The van der Waals surface area contributed by atoms with Crippen LogP contribution in [0.2, 0.25) is 0 Å². The number of rotatable bonds is 5. The first-order valence-corrected chi connectivity index (χ1v) is 7.02. The van der Waals surface area contributed by atoms with Gasteiger partial charge in [0.25, 0.3) is 0 Å². The molecule has 0 bridgehead atoms. The third-order valence-corrected chi connectivity index (χ3v) is 3.87. The summed E-state index contributed by atoms with van der Waals surface area (Å²) in [6, 6.07) is 3.88. The summed E-state index contributed by atoms with van der Waals surface area (Å²) in [6.07, 6.45) is 3.16. The second-order valence-electron chi connectivity index (χ2n) is 5.36. The van der Waals surface area contributed by atoms with Gasteiger partial charge in [-0.25, -0.2) is 0 Å². The first kappa shape index (κ1) is 14.1. The van der Waals surface area contributed by atoms with Crippen molar-refractivity contribution in [3.63, 3.8) is 0 Å². The van der Waals surface area contributed by atoms with Gasteiger partial charge in [-0.3, -0.25) is 4.79 Å². The van der Waals surface area contributed by atoms with Crippen molar-refractivity contribution in [2.45, 2.75) is 33.1 Å². The van der Waals surface area contributed by atoms with Crippen molar-refractivity contribution >= 4 is 5.78 Å². The van der Waals surface area contributed by atoms with Gasteiger partial charge >= 0.3 is 0 Å². The molecule has 1 aromatic rings. The molecule has 0 N–H and O–H groups in total. The Morgan fingerprint density at radius 2 is 1.79 bits per heavy atom. The lowest BCUT2D eigenvalue weighted by atomic mass is 9.97. The van der Waals surface area contributed by atoms with Crippen molar-refractivity contribution in [1.82, 2.24) is 4.90 Å². The molecule has 19 heavy (non-hydrogen) atoms. The van der Waals surface area contributed by atoms with Gasteiger partial charge in [-0.15, -0.1) is 0 Å². The maximum absolute atomic E-state index is 12.4. The van der Waals surface area contributed by atoms with E-state index in [1.54, 1.807) is 7.11 Å². The van der Waals surface area contributed by atoms with Gasteiger partial charge in [0.05, 0.1) is 7.11 Å². The number of ketones is 1. The first-order valence-electron chi connectivity index (χ1n) is 7.02. The minimum absolute atomic E-state index is 0.254. The number of nitrogens with zero attached hydrogens (tertiary/aromatic N) is 1. The molecule has 1 aromatic carbocycles. The average Bonchev–Trinajstić information content (AvgIpc) is 2.88. The van der Waals surface area contributed by atoms with E-state index >= 15 is 0 Å². The Labute approximate surface area is 115 Å². The maximum atomic E-state index is 12.4. The molecule has 3 nitrogen and oxygen atoms in total. The lowest BCUT2D eigenvalue weighted by molar-refractivity contribution is 0.0967. The van der Waals surface area contributed by atoms with Crippen molar-refractivity contribution in [3.8, 4) is 5.75 Å². The highest BCUT2D eigenvalue weighted by atomic mass is 16.5. The maximum Gasteiger partial charge on any atom is 0.164 e. The summed E-state index contributed by atoms with van der Waals surface area (Å²) < 4.78 is 5.23. The van der Waals surface area contributed by atoms with E-state index < -0.39 is 0 Å². The largest absolute Gasteiger partial charge is 0.497 e. The third-order valence-electron chi connectivity index (χ3n) is 3.87. The van der Waals surface area contributed by atoms with E-state index in [1.807, 2.05) is 26.0 Å². The number of carbonyl (C=O) groups excluding carboxylic acids is 1. The highest BCUT2D eigenvalue weighted by Gasteiger charge is 2.17. The number of methoxy groups -OCH3 is 1. The Kier molecular flexibility index (Phi) is 4.59. The zero-order chi connectivity index (χ0) is 13.8. The van der Waals surface area contributed by atoms with E-state index in [1.165, 1.54) is 12.8 Å². The van der Waals surface area contributed by atoms with Gasteiger partial charge in [-0.2, -0.15) is 0 Å². The number of aryl methyl sites for hydroxylation is 2. The Hall–Kier alpha value is -1.35. The second-order valence-corrected chi connectivity index (χ2v) is 5.36. The van der Waals surface area contributed by atoms with Crippen LogP contribution >= 0.6 is 0 Å². The summed E-state index contributed by atoms with van der Waals surface area (Å²) in [6.45, 7) is 7.16. The Balaban J connectivity index is 2.05. The topological polar surface area (TPSA) is 29.5 Å². The summed E-state index contributed by atoms with van der Waals surface area (Å²) in [5, 5.41) is 0. The Bertz CT molecular complexity index is 439. The van der Waals surface area contributed by atoms with Crippen molar-refractivity contribution in [2.75, 3.05) is 26.7 Å². The number of ether oxygens (including phenoxy) is 1. The molecule has 3 heteroatoms. The zero-order valence-corrected chi connectivity index (χ0v) is 12.2. The molecule has 0 radical (unpaired) electrons. The predicted molar refractivity (Wildman–Crippen MR) is 77.1 cm³/mol. The highest BCUT2D eigenvalue weighted by molar-refractivity contribution is 5.99. The lowest BCUT2D eigenvalue weighted by Gasteiger charge is -2.15. The predicted octanol–water partition coefficient (Wildman–Crippen LogP) is 2.98. The van der Waals surface area contributed by atoms with Crippen LogP contribution in [0.4, 0.5) is 0 Å². The van der Waals surface area contributed by atoms with E-state index in [-0.39, 0.29) is 5.78 Å². The highest BCUT2D eigenvalue weighted by Crippen LogP contribution is 2.23. The van der Waals surface area contributed by atoms with Crippen molar-refractivity contribution in [3.05, 3.63) is 28.8 Å². The minimum Gasteiger partial charge on any atom is -0.497 e. The Morgan fingerprint density at radius 3 is 2.32 bits per heavy atom.